The zero-order valence-electron chi connectivity index (χ0n) is 12.5. The maximum Gasteiger partial charge on any atom is 0.329 e. The monoisotopic (exact) mass is 312 g/mol. The van der Waals surface area contributed by atoms with Gasteiger partial charge in [-0.2, -0.15) is 5.10 Å². The van der Waals surface area contributed by atoms with E-state index in [-0.39, 0.29) is 6.54 Å². The van der Waals surface area contributed by atoms with Gasteiger partial charge >= 0.3 is 11.8 Å². The molecule has 0 saturated heterocycles. The topological polar surface area (TPSA) is 92.7 Å². The largest absolute Gasteiger partial charge is 0.497 e. The maximum absolute atomic E-state index is 11.6. The van der Waals surface area contributed by atoms with Crippen molar-refractivity contribution in [3.8, 4) is 5.75 Å². The SMILES string of the molecule is COc1ccc(CNC(=O)C(=O)N/N=C\c2ccccn2)cc1. The van der Waals surface area contributed by atoms with E-state index in [9.17, 15) is 9.59 Å². The third-order valence-electron chi connectivity index (χ3n) is 2.87. The first kappa shape index (κ1) is 16.2. The highest BCUT2D eigenvalue weighted by Gasteiger charge is 2.11. The van der Waals surface area contributed by atoms with Crippen LogP contribution in [0.15, 0.2) is 53.8 Å². The first-order valence-corrected chi connectivity index (χ1v) is 6.84. The van der Waals surface area contributed by atoms with Gasteiger partial charge in [0.15, 0.2) is 0 Å². The van der Waals surface area contributed by atoms with Crippen LogP contribution in [-0.2, 0) is 16.1 Å². The lowest BCUT2D eigenvalue weighted by molar-refractivity contribution is -0.139. The molecule has 0 bridgehead atoms. The summed E-state index contributed by atoms with van der Waals surface area (Å²) in [6.07, 6.45) is 2.96. The molecular weight excluding hydrogens is 296 g/mol. The van der Waals surface area contributed by atoms with Crippen molar-refractivity contribution >= 4 is 18.0 Å². The molecule has 0 saturated carbocycles. The van der Waals surface area contributed by atoms with E-state index in [1.807, 2.05) is 0 Å². The third kappa shape index (κ3) is 5.24. The van der Waals surface area contributed by atoms with Crippen molar-refractivity contribution < 1.29 is 14.3 Å². The van der Waals surface area contributed by atoms with Gasteiger partial charge in [-0.05, 0) is 29.8 Å². The summed E-state index contributed by atoms with van der Waals surface area (Å²) in [6.45, 7) is 0.236. The quantitative estimate of drug-likeness (QED) is 0.486. The number of hydrogen-bond acceptors (Lipinski definition) is 5. The summed E-state index contributed by atoms with van der Waals surface area (Å²) >= 11 is 0. The Morgan fingerprint density at radius 2 is 1.96 bits per heavy atom. The molecule has 7 nitrogen and oxygen atoms in total. The second kappa shape index (κ2) is 8.28. The predicted molar refractivity (Wildman–Crippen MR) is 84.8 cm³/mol. The first-order chi connectivity index (χ1) is 11.2. The Morgan fingerprint density at radius 3 is 2.61 bits per heavy atom. The molecule has 2 N–H and O–H groups in total. The number of carbonyl (C=O) groups excluding carboxylic acids is 2. The standard InChI is InChI=1S/C16H16N4O3/c1-23-14-7-5-12(6-8-14)10-18-15(21)16(22)20-19-11-13-4-2-3-9-17-13/h2-9,11H,10H2,1H3,(H,18,21)(H,20,22)/b19-11-. The molecule has 0 aliphatic rings. The second-order valence-corrected chi connectivity index (χ2v) is 4.48. The maximum atomic E-state index is 11.6. The fraction of sp³-hybridized carbons (Fsp3) is 0.125. The van der Waals surface area contributed by atoms with Gasteiger partial charge in [-0.1, -0.05) is 18.2 Å². The van der Waals surface area contributed by atoms with Crippen molar-refractivity contribution in [3.63, 3.8) is 0 Å². The van der Waals surface area contributed by atoms with E-state index in [2.05, 4.69) is 20.8 Å². The summed E-state index contributed by atoms with van der Waals surface area (Å²) in [5.74, 6) is -0.883. The van der Waals surface area contributed by atoms with Crippen molar-refractivity contribution in [2.24, 2.45) is 5.10 Å². The van der Waals surface area contributed by atoms with Gasteiger partial charge in [0.25, 0.3) is 0 Å². The van der Waals surface area contributed by atoms with Crippen LogP contribution >= 0.6 is 0 Å². The molecule has 1 heterocycles. The Labute approximate surface area is 133 Å². The molecular formula is C16H16N4O3. The lowest BCUT2D eigenvalue weighted by atomic mass is 10.2. The smallest absolute Gasteiger partial charge is 0.329 e. The summed E-state index contributed by atoms with van der Waals surface area (Å²) < 4.78 is 5.04. The van der Waals surface area contributed by atoms with Crippen molar-refractivity contribution in [1.29, 1.82) is 0 Å². The highest BCUT2D eigenvalue weighted by Crippen LogP contribution is 2.10. The van der Waals surface area contributed by atoms with E-state index in [0.29, 0.717) is 5.69 Å². The molecule has 7 heteroatoms. The molecule has 1 aromatic heterocycles. The molecule has 2 aromatic rings. The molecule has 0 aliphatic heterocycles. The van der Waals surface area contributed by atoms with Crippen LogP contribution in [-0.4, -0.2) is 30.1 Å². The highest BCUT2D eigenvalue weighted by atomic mass is 16.5. The average molecular weight is 312 g/mol. The fourth-order valence-electron chi connectivity index (χ4n) is 1.67. The highest BCUT2D eigenvalue weighted by molar-refractivity contribution is 6.35. The number of nitrogens with zero attached hydrogens (tertiary/aromatic N) is 2. The first-order valence-electron chi connectivity index (χ1n) is 6.84. The van der Waals surface area contributed by atoms with Crippen LogP contribution in [0.3, 0.4) is 0 Å². The molecule has 2 amide bonds. The Balaban J connectivity index is 1.78. The van der Waals surface area contributed by atoms with Gasteiger partial charge in [0.1, 0.15) is 5.75 Å². The molecule has 118 valence electrons. The van der Waals surface area contributed by atoms with Gasteiger partial charge in [-0.3, -0.25) is 14.6 Å². The molecule has 0 aliphatic carbocycles. The number of ether oxygens (including phenoxy) is 1. The Kier molecular flexibility index (Phi) is 5.81. The summed E-state index contributed by atoms with van der Waals surface area (Å²) in [7, 11) is 1.58. The summed E-state index contributed by atoms with van der Waals surface area (Å²) in [5, 5.41) is 6.18. The number of carbonyl (C=O) groups is 2. The molecule has 0 unspecified atom stereocenters. The minimum atomic E-state index is -0.842. The number of hydrogen-bond donors (Lipinski definition) is 2. The Hall–Kier alpha value is -3.22. The van der Waals surface area contributed by atoms with Crippen LogP contribution in [0.25, 0.3) is 0 Å². The number of methoxy groups -OCH3 is 1. The van der Waals surface area contributed by atoms with Crippen LogP contribution in [0.2, 0.25) is 0 Å². The Bertz CT molecular complexity index is 684. The fourth-order valence-corrected chi connectivity index (χ4v) is 1.67. The average Bonchev–Trinajstić information content (AvgIpc) is 2.61. The molecule has 23 heavy (non-hydrogen) atoms. The number of rotatable bonds is 5. The van der Waals surface area contributed by atoms with Gasteiger partial charge < -0.3 is 10.1 Å². The van der Waals surface area contributed by atoms with Crippen LogP contribution in [0, 0.1) is 0 Å². The molecule has 0 atom stereocenters. The zero-order valence-corrected chi connectivity index (χ0v) is 12.5. The van der Waals surface area contributed by atoms with E-state index >= 15 is 0 Å². The number of pyridine rings is 1. The summed E-state index contributed by atoms with van der Waals surface area (Å²) in [4.78, 5) is 27.2. The summed E-state index contributed by atoms with van der Waals surface area (Å²) in [5.41, 5.74) is 3.57. The number of benzene rings is 1. The molecule has 1 aromatic carbocycles. The number of nitrogens with one attached hydrogen (secondary N) is 2. The van der Waals surface area contributed by atoms with E-state index in [4.69, 9.17) is 4.74 Å². The van der Waals surface area contributed by atoms with Gasteiger partial charge in [-0.15, -0.1) is 0 Å². The third-order valence-corrected chi connectivity index (χ3v) is 2.87. The lowest BCUT2D eigenvalue weighted by Gasteiger charge is -2.05. The van der Waals surface area contributed by atoms with E-state index < -0.39 is 11.8 Å². The second-order valence-electron chi connectivity index (χ2n) is 4.48. The van der Waals surface area contributed by atoms with Gasteiger partial charge in [-0.25, -0.2) is 5.43 Å². The summed E-state index contributed by atoms with van der Waals surface area (Å²) in [6, 6.07) is 12.4. The number of hydrazone groups is 1. The number of aromatic nitrogens is 1. The molecule has 0 radical (unpaired) electrons. The van der Waals surface area contributed by atoms with Crippen molar-refractivity contribution in [3.05, 3.63) is 59.9 Å². The van der Waals surface area contributed by atoms with Crippen molar-refractivity contribution in [2.75, 3.05) is 7.11 Å². The van der Waals surface area contributed by atoms with Crippen LogP contribution < -0.4 is 15.5 Å². The molecule has 0 spiro atoms. The predicted octanol–water partition coefficient (Wildman–Crippen LogP) is 0.857. The van der Waals surface area contributed by atoms with Crippen LogP contribution in [0.5, 0.6) is 5.75 Å². The lowest BCUT2D eigenvalue weighted by Crippen LogP contribution is -2.37. The normalized spacial score (nSPS) is 10.3. The minimum absolute atomic E-state index is 0.236. The van der Waals surface area contributed by atoms with E-state index in [1.54, 1.807) is 55.8 Å². The Morgan fingerprint density at radius 1 is 1.17 bits per heavy atom. The number of amides is 2. The van der Waals surface area contributed by atoms with Crippen molar-refractivity contribution in [1.82, 2.24) is 15.7 Å². The minimum Gasteiger partial charge on any atom is -0.497 e. The van der Waals surface area contributed by atoms with Gasteiger partial charge in [0, 0.05) is 12.7 Å². The van der Waals surface area contributed by atoms with E-state index in [1.165, 1.54) is 6.21 Å². The van der Waals surface area contributed by atoms with Crippen molar-refractivity contribution in [2.45, 2.75) is 6.54 Å². The zero-order chi connectivity index (χ0) is 16.5. The van der Waals surface area contributed by atoms with Crippen LogP contribution in [0.4, 0.5) is 0 Å². The van der Waals surface area contributed by atoms with Gasteiger partial charge in [0.05, 0.1) is 19.0 Å². The van der Waals surface area contributed by atoms with Crippen LogP contribution in [0.1, 0.15) is 11.3 Å². The van der Waals surface area contributed by atoms with E-state index in [0.717, 1.165) is 11.3 Å². The molecule has 2 rings (SSSR count). The molecule has 0 fully saturated rings. The van der Waals surface area contributed by atoms with Gasteiger partial charge in [0.2, 0.25) is 0 Å².